The molecule has 0 aliphatic carbocycles. The standard InChI is InChI=1S/C18H13ClF2IN/c1-10-16(22)9-13(11-5-3-2-4-6-11)18(23-10)17-14(20)7-12(19)8-15(17)21/h2-8,16,23H,1,9H2. The van der Waals surface area contributed by atoms with Gasteiger partial charge in [-0.15, -0.1) is 0 Å². The van der Waals surface area contributed by atoms with Crippen LogP contribution in [0.4, 0.5) is 8.78 Å². The molecule has 1 N–H and O–H groups in total. The number of nitrogens with one attached hydrogen (secondary N) is 1. The van der Waals surface area contributed by atoms with Crippen LogP contribution in [0.25, 0.3) is 11.3 Å². The van der Waals surface area contributed by atoms with E-state index in [1.165, 1.54) is 0 Å². The Kier molecular flexibility index (Phi) is 4.73. The van der Waals surface area contributed by atoms with Crippen molar-refractivity contribution in [3.63, 3.8) is 0 Å². The number of allylic oxidation sites excluding steroid dienone is 2. The van der Waals surface area contributed by atoms with Crippen molar-refractivity contribution in [3.05, 3.63) is 82.5 Å². The Morgan fingerprint density at radius 1 is 1.13 bits per heavy atom. The fourth-order valence-electron chi connectivity index (χ4n) is 2.61. The topological polar surface area (TPSA) is 12.0 Å². The minimum Gasteiger partial charge on any atom is -0.358 e. The van der Waals surface area contributed by atoms with Gasteiger partial charge in [0.25, 0.3) is 0 Å². The van der Waals surface area contributed by atoms with E-state index in [0.717, 1.165) is 29.0 Å². The Hall–Kier alpha value is -1.40. The molecule has 1 heterocycles. The van der Waals surface area contributed by atoms with Gasteiger partial charge in [-0.05, 0) is 29.7 Å². The fraction of sp³-hybridized carbons (Fsp3) is 0.111. The summed E-state index contributed by atoms with van der Waals surface area (Å²) in [7, 11) is 0. The molecular formula is C18H13ClF2IN. The maximum atomic E-state index is 14.4. The van der Waals surface area contributed by atoms with Crippen LogP contribution in [-0.2, 0) is 0 Å². The predicted octanol–water partition coefficient (Wildman–Crippen LogP) is 5.80. The van der Waals surface area contributed by atoms with Gasteiger partial charge in [0.1, 0.15) is 11.6 Å². The Balaban J connectivity index is 2.25. The summed E-state index contributed by atoms with van der Waals surface area (Å²) < 4.78 is 28.9. The van der Waals surface area contributed by atoms with Gasteiger partial charge in [-0.2, -0.15) is 0 Å². The van der Waals surface area contributed by atoms with Gasteiger partial charge in [0.2, 0.25) is 0 Å². The van der Waals surface area contributed by atoms with Gasteiger partial charge < -0.3 is 5.32 Å². The SMILES string of the molecule is C=C1NC(c2c(F)cc(Cl)cc2F)=C(c2ccccc2)CC1I. The molecule has 118 valence electrons. The number of halogens is 4. The molecule has 2 aromatic carbocycles. The normalized spacial score (nSPS) is 18.1. The Bertz CT molecular complexity index is 779. The third-order valence-electron chi connectivity index (χ3n) is 3.73. The van der Waals surface area contributed by atoms with E-state index in [2.05, 4.69) is 34.5 Å². The Morgan fingerprint density at radius 2 is 1.74 bits per heavy atom. The smallest absolute Gasteiger partial charge is 0.136 e. The highest BCUT2D eigenvalue weighted by molar-refractivity contribution is 14.1. The van der Waals surface area contributed by atoms with Gasteiger partial charge >= 0.3 is 0 Å². The average Bonchev–Trinajstić information content (AvgIpc) is 2.50. The van der Waals surface area contributed by atoms with Crippen LogP contribution in [0, 0.1) is 11.6 Å². The molecule has 1 unspecified atom stereocenters. The van der Waals surface area contributed by atoms with Crippen LogP contribution in [-0.4, -0.2) is 3.92 Å². The number of hydrogen-bond donors (Lipinski definition) is 1. The van der Waals surface area contributed by atoms with Crippen molar-refractivity contribution >= 4 is 45.5 Å². The molecule has 0 radical (unpaired) electrons. The predicted molar refractivity (Wildman–Crippen MR) is 99.3 cm³/mol. The molecule has 1 nitrogen and oxygen atoms in total. The first-order valence-electron chi connectivity index (χ1n) is 7.00. The highest BCUT2D eigenvalue weighted by atomic mass is 127. The van der Waals surface area contributed by atoms with Crippen LogP contribution in [0.2, 0.25) is 5.02 Å². The quantitative estimate of drug-likeness (QED) is 0.457. The molecule has 1 atom stereocenters. The maximum absolute atomic E-state index is 14.4. The molecule has 5 heteroatoms. The number of rotatable bonds is 2. The zero-order valence-electron chi connectivity index (χ0n) is 12.0. The van der Waals surface area contributed by atoms with E-state index in [-0.39, 0.29) is 14.5 Å². The molecule has 0 spiro atoms. The summed E-state index contributed by atoms with van der Waals surface area (Å²) in [5.41, 5.74) is 2.84. The highest BCUT2D eigenvalue weighted by Gasteiger charge is 2.27. The summed E-state index contributed by atoms with van der Waals surface area (Å²) in [5.74, 6) is -1.38. The Morgan fingerprint density at radius 3 is 2.35 bits per heavy atom. The van der Waals surface area contributed by atoms with Crippen molar-refractivity contribution in [2.24, 2.45) is 0 Å². The maximum Gasteiger partial charge on any atom is 0.136 e. The lowest BCUT2D eigenvalue weighted by Gasteiger charge is -2.28. The van der Waals surface area contributed by atoms with Crippen molar-refractivity contribution in [1.29, 1.82) is 0 Å². The molecular weight excluding hydrogens is 431 g/mol. The average molecular weight is 444 g/mol. The molecule has 0 fully saturated rings. The number of alkyl halides is 1. The van der Waals surface area contributed by atoms with Crippen LogP contribution in [0.15, 0.2) is 54.7 Å². The lowest BCUT2D eigenvalue weighted by Crippen LogP contribution is -2.26. The lowest BCUT2D eigenvalue weighted by atomic mass is 9.91. The zero-order valence-corrected chi connectivity index (χ0v) is 15.0. The van der Waals surface area contributed by atoms with Gasteiger partial charge in [0.15, 0.2) is 0 Å². The second-order valence-electron chi connectivity index (χ2n) is 5.29. The molecule has 3 rings (SSSR count). The number of hydrogen-bond acceptors (Lipinski definition) is 1. The first-order valence-corrected chi connectivity index (χ1v) is 8.63. The van der Waals surface area contributed by atoms with Gasteiger partial charge in [-0.3, -0.25) is 0 Å². The molecule has 23 heavy (non-hydrogen) atoms. The first kappa shape index (κ1) is 16.5. The minimum atomic E-state index is -0.689. The van der Waals surface area contributed by atoms with Gasteiger partial charge in [0, 0.05) is 10.7 Å². The van der Waals surface area contributed by atoms with Gasteiger partial charge in [0.05, 0.1) is 15.2 Å². The molecule has 0 saturated heterocycles. The van der Waals surface area contributed by atoms with E-state index in [1.807, 2.05) is 30.3 Å². The largest absolute Gasteiger partial charge is 0.358 e. The van der Waals surface area contributed by atoms with Crippen molar-refractivity contribution < 1.29 is 8.78 Å². The van der Waals surface area contributed by atoms with Gasteiger partial charge in [-0.1, -0.05) is 71.1 Å². The molecule has 0 aromatic heterocycles. The fourth-order valence-corrected chi connectivity index (χ4v) is 3.40. The lowest BCUT2D eigenvalue weighted by molar-refractivity contribution is 0.574. The summed E-state index contributed by atoms with van der Waals surface area (Å²) in [5, 5.41) is 3.12. The highest BCUT2D eigenvalue weighted by Crippen LogP contribution is 2.38. The van der Waals surface area contributed by atoms with Crippen LogP contribution in [0.3, 0.4) is 0 Å². The van der Waals surface area contributed by atoms with E-state index in [4.69, 9.17) is 11.6 Å². The van der Waals surface area contributed by atoms with Crippen LogP contribution in [0.1, 0.15) is 17.5 Å². The zero-order chi connectivity index (χ0) is 16.6. The van der Waals surface area contributed by atoms with Crippen LogP contribution in [0.5, 0.6) is 0 Å². The summed E-state index contributed by atoms with van der Waals surface area (Å²) in [6.07, 6.45) is 0.646. The summed E-state index contributed by atoms with van der Waals surface area (Å²) >= 11 is 8.00. The van der Waals surface area contributed by atoms with E-state index in [9.17, 15) is 8.78 Å². The van der Waals surface area contributed by atoms with E-state index in [0.29, 0.717) is 12.1 Å². The van der Waals surface area contributed by atoms with Crippen molar-refractivity contribution in [2.45, 2.75) is 10.3 Å². The van der Waals surface area contributed by atoms with Crippen LogP contribution >= 0.6 is 34.2 Å². The van der Waals surface area contributed by atoms with Crippen molar-refractivity contribution in [2.75, 3.05) is 0 Å². The summed E-state index contributed by atoms with van der Waals surface area (Å²) in [6.45, 7) is 3.95. The molecule has 0 amide bonds. The summed E-state index contributed by atoms with van der Waals surface area (Å²) in [4.78, 5) is 0. The molecule has 0 bridgehead atoms. The third kappa shape index (κ3) is 3.28. The van der Waals surface area contributed by atoms with Gasteiger partial charge in [-0.25, -0.2) is 8.78 Å². The van der Waals surface area contributed by atoms with Crippen molar-refractivity contribution in [1.82, 2.24) is 5.32 Å². The second kappa shape index (κ2) is 6.61. The van der Waals surface area contributed by atoms with E-state index in [1.54, 1.807) is 0 Å². The van der Waals surface area contributed by atoms with E-state index < -0.39 is 11.6 Å². The third-order valence-corrected chi connectivity index (χ3v) is 5.14. The first-order chi connectivity index (χ1) is 11.0. The molecule has 1 aliphatic heterocycles. The Labute approximate surface area is 152 Å². The molecule has 1 aliphatic rings. The van der Waals surface area contributed by atoms with Crippen LogP contribution < -0.4 is 5.32 Å². The number of benzene rings is 2. The molecule has 2 aromatic rings. The minimum absolute atomic E-state index is 0.0343. The van der Waals surface area contributed by atoms with E-state index >= 15 is 0 Å². The molecule has 0 saturated carbocycles. The second-order valence-corrected chi connectivity index (χ2v) is 7.23. The summed E-state index contributed by atoms with van der Waals surface area (Å²) in [6, 6.07) is 11.8. The van der Waals surface area contributed by atoms with Crippen molar-refractivity contribution in [3.8, 4) is 0 Å². The monoisotopic (exact) mass is 443 g/mol.